The number of rotatable bonds is 8. The van der Waals surface area contributed by atoms with Crippen LogP contribution in [0.2, 0.25) is 0 Å². The standard InChI is InChI=1S/C21H25N3O4S/c1-23(21(27)9-8-18(25)19-3-2-14-29-19)15-20(26)22-16-4-6-17(7-5-16)24-10-12-28-13-11-24/h2-7,14H,8-13,15H2,1H3,(H,22,26). The SMILES string of the molecule is CN(CC(=O)Nc1ccc(N2CCOCC2)cc1)C(=O)CCC(=O)c1cccs1. The van der Waals surface area contributed by atoms with E-state index in [1.54, 1.807) is 13.1 Å². The maximum absolute atomic E-state index is 12.2. The van der Waals surface area contributed by atoms with Gasteiger partial charge in [0.1, 0.15) is 0 Å². The summed E-state index contributed by atoms with van der Waals surface area (Å²) in [6.07, 6.45) is 0.239. The second-order valence-corrected chi connectivity index (χ2v) is 7.79. The molecule has 2 heterocycles. The van der Waals surface area contributed by atoms with Gasteiger partial charge in [0, 0.05) is 44.4 Å². The average molecular weight is 416 g/mol. The molecule has 0 bridgehead atoms. The van der Waals surface area contributed by atoms with Crippen molar-refractivity contribution < 1.29 is 19.1 Å². The number of benzene rings is 1. The van der Waals surface area contributed by atoms with Crippen molar-refractivity contribution in [1.82, 2.24) is 4.90 Å². The zero-order valence-electron chi connectivity index (χ0n) is 16.4. The van der Waals surface area contributed by atoms with Crippen molar-refractivity contribution in [2.75, 3.05) is 50.1 Å². The van der Waals surface area contributed by atoms with Crippen molar-refractivity contribution in [3.05, 3.63) is 46.7 Å². The molecule has 1 fully saturated rings. The van der Waals surface area contributed by atoms with Gasteiger partial charge in [-0.2, -0.15) is 0 Å². The van der Waals surface area contributed by atoms with Gasteiger partial charge >= 0.3 is 0 Å². The Morgan fingerprint density at radius 2 is 1.83 bits per heavy atom. The largest absolute Gasteiger partial charge is 0.378 e. The number of morpholine rings is 1. The zero-order valence-corrected chi connectivity index (χ0v) is 17.2. The molecule has 0 unspecified atom stereocenters. The molecule has 1 saturated heterocycles. The van der Waals surface area contributed by atoms with Crippen LogP contribution in [0.15, 0.2) is 41.8 Å². The number of Topliss-reactive ketones (excluding diaryl/α,β-unsaturated/α-hetero) is 1. The quantitative estimate of drug-likeness (QED) is 0.671. The maximum atomic E-state index is 12.2. The molecule has 3 rings (SSSR count). The number of amides is 2. The highest BCUT2D eigenvalue weighted by molar-refractivity contribution is 7.12. The predicted octanol–water partition coefficient (Wildman–Crippen LogP) is 2.64. The molecule has 1 aromatic heterocycles. The lowest BCUT2D eigenvalue weighted by molar-refractivity contribution is -0.133. The van der Waals surface area contributed by atoms with Crippen LogP contribution in [0.3, 0.4) is 0 Å². The Hall–Kier alpha value is -2.71. The molecule has 0 radical (unpaired) electrons. The van der Waals surface area contributed by atoms with Gasteiger partial charge in [-0.3, -0.25) is 14.4 Å². The molecule has 2 amide bonds. The summed E-state index contributed by atoms with van der Waals surface area (Å²) >= 11 is 1.37. The van der Waals surface area contributed by atoms with E-state index in [9.17, 15) is 14.4 Å². The van der Waals surface area contributed by atoms with E-state index in [4.69, 9.17) is 4.74 Å². The molecular weight excluding hydrogens is 390 g/mol. The number of likely N-dealkylation sites (N-methyl/N-ethyl adjacent to an activating group) is 1. The van der Waals surface area contributed by atoms with Crippen molar-refractivity contribution in [3.63, 3.8) is 0 Å². The molecule has 0 saturated carbocycles. The fraction of sp³-hybridized carbons (Fsp3) is 0.381. The van der Waals surface area contributed by atoms with Crippen LogP contribution in [0.25, 0.3) is 0 Å². The lowest BCUT2D eigenvalue weighted by Crippen LogP contribution is -2.36. The van der Waals surface area contributed by atoms with Crippen LogP contribution < -0.4 is 10.2 Å². The van der Waals surface area contributed by atoms with E-state index >= 15 is 0 Å². The third kappa shape index (κ3) is 6.13. The molecule has 154 valence electrons. The predicted molar refractivity (Wildman–Crippen MR) is 114 cm³/mol. The van der Waals surface area contributed by atoms with Crippen LogP contribution in [-0.2, 0) is 14.3 Å². The Morgan fingerprint density at radius 3 is 2.48 bits per heavy atom. The third-order valence-electron chi connectivity index (χ3n) is 4.70. The van der Waals surface area contributed by atoms with Gasteiger partial charge in [-0.1, -0.05) is 6.07 Å². The monoisotopic (exact) mass is 415 g/mol. The van der Waals surface area contributed by atoms with Gasteiger partial charge < -0.3 is 19.9 Å². The minimum atomic E-state index is -0.274. The first-order chi connectivity index (χ1) is 14.0. The van der Waals surface area contributed by atoms with Crippen LogP contribution in [-0.4, -0.2) is 62.4 Å². The molecular formula is C21H25N3O4S. The first kappa shape index (κ1) is 21.0. The molecule has 1 aliphatic rings. The maximum Gasteiger partial charge on any atom is 0.243 e. The van der Waals surface area contributed by atoms with Crippen LogP contribution in [0, 0.1) is 0 Å². The van der Waals surface area contributed by atoms with E-state index in [1.165, 1.54) is 16.2 Å². The highest BCUT2D eigenvalue weighted by Crippen LogP contribution is 2.19. The number of ether oxygens (including phenoxy) is 1. The van der Waals surface area contributed by atoms with Crippen molar-refractivity contribution in [1.29, 1.82) is 0 Å². The highest BCUT2D eigenvalue weighted by Gasteiger charge is 2.16. The second-order valence-electron chi connectivity index (χ2n) is 6.84. The topological polar surface area (TPSA) is 79.0 Å². The summed E-state index contributed by atoms with van der Waals surface area (Å²) in [5.74, 6) is -0.552. The van der Waals surface area contributed by atoms with E-state index in [0.717, 1.165) is 32.0 Å². The number of carbonyl (C=O) groups excluding carboxylic acids is 3. The fourth-order valence-electron chi connectivity index (χ4n) is 3.05. The number of thiophene rings is 1. The number of nitrogens with one attached hydrogen (secondary N) is 1. The van der Waals surface area contributed by atoms with E-state index < -0.39 is 0 Å². The molecule has 2 aromatic rings. The van der Waals surface area contributed by atoms with Crippen LogP contribution in [0.1, 0.15) is 22.5 Å². The normalized spacial score (nSPS) is 13.8. The molecule has 0 spiro atoms. The van der Waals surface area contributed by atoms with Gasteiger partial charge in [0.25, 0.3) is 0 Å². The summed E-state index contributed by atoms with van der Waals surface area (Å²) in [4.78, 5) is 40.7. The zero-order chi connectivity index (χ0) is 20.6. The Balaban J connectivity index is 1.43. The smallest absolute Gasteiger partial charge is 0.243 e. The fourth-order valence-corrected chi connectivity index (χ4v) is 3.75. The van der Waals surface area contributed by atoms with E-state index in [-0.39, 0.29) is 37.0 Å². The van der Waals surface area contributed by atoms with Gasteiger partial charge in [-0.15, -0.1) is 11.3 Å². The van der Waals surface area contributed by atoms with Gasteiger partial charge in [0.15, 0.2) is 5.78 Å². The van der Waals surface area contributed by atoms with Crippen molar-refractivity contribution in [2.45, 2.75) is 12.8 Å². The van der Waals surface area contributed by atoms with Gasteiger partial charge in [-0.05, 0) is 35.7 Å². The van der Waals surface area contributed by atoms with Crippen molar-refractivity contribution >= 4 is 40.3 Å². The molecule has 1 N–H and O–H groups in total. The van der Waals surface area contributed by atoms with Crippen LogP contribution in [0.5, 0.6) is 0 Å². The lowest BCUT2D eigenvalue weighted by atomic mass is 10.2. The number of nitrogens with zero attached hydrogens (tertiary/aromatic N) is 2. The summed E-state index contributed by atoms with van der Waals surface area (Å²) in [5, 5.41) is 4.64. The minimum absolute atomic E-state index is 0.0495. The second kappa shape index (κ2) is 10.2. The Labute approximate surface area is 174 Å². The summed E-state index contributed by atoms with van der Waals surface area (Å²) in [5.41, 5.74) is 1.77. The first-order valence-electron chi connectivity index (χ1n) is 9.56. The number of anilines is 2. The number of carbonyl (C=O) groups is 3. The van der Waals surface area contributed by atoms with E-state index in [1.807, 2.05) is 35.7 Å². The van der Waals surface area contributed by atoms with Gasteiger partial charge in [-0.25, -0.2) is 0 Å². The van der Waals surface area contributed by atoms with Crippen molar-refractivity contribution in [3.8, 4) is 0 Å². The molecule has 0 atom stereocenters. The number of hydrogen-bond donors (Lipinski definition) is 1. The summed E-state index contributed by atoms with van der Waals surface area (Å²) in [6, 6.07) is 11.2. The summed E-state index contributed by atoms with van der Waals surface area (Å²) < 4.78 is 5.35. The Kier molecular flexibility index (Phi) is 7.37. The van der Waals surface area contributed by atoms with Crippen molar-refractivity contribution in [2.24, 2.45) is 0 Å². The molecule has 0 aliphatic carbocycles. The highest BCUT2D eigenvalue weighted by atomic mass is 32.1. The average Bonchev–Trinajstić information content (AvgIpc) is 3.28. The molecule has 1 aromatic carbocycles. The van der Waals surface area contributed by atoms with Crippen LogP contribution in [0.4, 0.5) is 11.4 Å². The molecule has 8 heteroatoms. The lowest BCUT2D eigenvalue weighted by Gasteiger charge is -2.28. The Morgan fingerprint density at radius 1 is 1.10 bits per heavy atom. The van der Waals surface area contributed by atoms with Gasteiger partial charge in [0.2, 0.25) is 11.8 Å². The molecule has 7 nitrogen and oxygen atoms in total. The summed E-state index contributed by atoms with van der Waals surface area (Å²) in [7, 11) is 1.57. The van der Waals surface area contributed by atoms with Gasteiger partial charge in [0.05, 0.1) is 24.6 Å². The summed E-state index contributed by atoms with van der Waals surface area (Å²) in [6.45, 7) is 3.09. The molecule has 1 aliphatic heterocycles. The minimum Gasteiger partial charge on any atom is -0.378 e. The number of hydrogen-bond acceptors (Lipinski definition) is 6. The van der Waals surface area contributed by atoms with E-state index in [2.05, 4.69) is 10.2 Å². The Bertz CT molecular complexity index is 830. The third-order valence-corrected chi connectivity index (χ3v) is 5.61. The first-order valence-corrected chi connectivity index (χ1v) is 10.4. The molecule has 29 heavy (non-hydrogen) atoms. The van der Waals surface area contributed by atoms with E-state index in [0.29, 0.717) is 10.6 Å². The number of ketones is 1. The van der Waals surface area contributed by atoms with Crippen LogP contribution >= 0.6 is 11.3 Å².